The topological polar surface area (TPSA) is 23.8 Å². The van der Waals surface area contributed by atoms with Crippen molar-refractivity contribution in [3.05, 3.63) is 41.1 Å². The fourth-order valence-corrected chi connectivity index (χ4v) is 1.76. The van der Waals surface area contributed by atoms with Gasteiger partial charge in [-0.05, 0) is 40.1 Å². The highest BCUT2D eigenvalue weighted by Gasteiger charge is 1.95. The largest absolute Gasteiger partial charge is 0.301 e. The first kappa shape index (κ1) is 7.37. The van der Waals surface area contributed by atoms with Crippen LogP contribution in [-0.2, 0) is 0 Å². The molecule has 1 aromatic heterocycles. The van der Waals surface area contributed by atoms with Crippen molar-refractivity contribution in [1.29, 1.82) is 0 Å². The number of hydrogen-bond acceptors (Lipinski definition) is 1. The predicted molar refractivity (Wildman–Crippen MR) is 52.5 cm³/mol. The molecule has 2 heteroatoms. The van der Waals surface area contributed by atoms with Crippen molar-refractivity contribution in [2.75, 3.05) is 0 Å². The zero-order valence-corrected chi connectivity index (χ0v) is 7.27. The van der Waals surface area contributed by atoms with Gasteiger partial charge in [0.05, 0.1) is 5.69 Å². The van der Waals surface area contributed by atoms with Crippen LogP contribution in [0.25, 0.3) is 11.1 Å². The van der Waals surface area contributed by atoms with Crippen LogP contribution in [0, 0.1) is 0 Å². The maximum Gasteiger partial charge on any atom is 0.0540 e. The normalized spacial score (nSPS) is 10.0. The van der Waals surface area contributed by atoms with Gasteiger partial charge in [0.1, 0.15) is 0 Å². The zero-order valence-electron chi connectivity index (χ0n) is 6.45. The SMILES string of the molecule is [NH]c1ccc(-c2ccsc2)cc1. The van der Waals surface area contributed by atoms with Gasteiger partial charge in [0, 0.05) is 0 Å². The maximum absolute atomic E-state index is 7.32. The number of benzene rings is 1. The molecule has 59 valence electrons. The fourth-order valence-electron chi connectivity index (χ4n) is 1.09. The van der Waals surface area contributed by atoms with E-state index in [9.17, 15) is 0 Å². The van der Waals surface area contributed by atoms with E-state index in [1.54, 1.807) is 11.3 Å². The van der Waals surface area contributed by atoms with Gasteiger partial charge >= 0.3 is 0 Å². The van der Waals surface area contributed by atoms with Crippen molar-refractivity contribution < 1.29 is 0 Å². The summed E-state index contributed by atoms with van der Waals surface area (Å²) in [6, 6.07) is 9.67. The van der Waals surface area contributed by atoms with E-state index in [1.165, 1.54) is 11.1 Å². The van der Waals surface area contributed by atoms with Crippen LogP contribution in [0.1, 0.15) is 0 Å². The Labute approximate surface area is 75.5 Å². The highest BCUT2D eigenvalue weighted by Crippen LogP contribution is 2.22. The van der Waals surface area contributed by atoms with Gasteiger partial charge in [0.2, 0.25) is 0 Å². The lowest BCUT2D eigenvalue weighted by Gasteiger charge is -1.96. The number of thiophene rings is 1. The quantitative estimate of drug-likeness (QED) is 0.633. The lowest BCUT2D eigenvalue weighted by molar-refractivity contribution is 1.48. The van der Waals surface area contributed by atoms with E-state index >= 15 is 0 Å². The highest BCUT2D eigenvalue weighted by molar-refractivity contribution is 7.08. The average molecular weight is 174 g/mol. The molecule has 1 N–H and O–H groups in total. The van der Waals surface area contributed by atoms with E-state index < -0.39 is 0 Å². The molecule has 0 spiro atoms. The Balaban J connectivity index is 2.43. The molecule has 0 aliphatic heterocycles. The molecule has 0 aliphatic carbocycles. The third kappa shape index (κ3) is 1.34. The van der Waals surface area contributed by atoms with E-state index in [4.69, 9.17) is 5.73 Å². The van der Waals surface area contributed by atoms with E-state index in [-0.39, 0.29) is 0 Å². The van der Waals surface area contributed by atoms with Crippen LogP contribution in [0.5, 0.6) is 0 Å². The Bertz CT molecular complexity index is 348. The summed E-state index contributed by atoms with van der Waals surface area (Å²) in [4.78, 5) is 0. The second kappa shape index (κ2) is 2.99. The molecule has 0 amide bonds. The fraction of sp³-hybridized carbons (Fsp3) is 0. The van der Waals surface area contributed by atoms with Crippen LogP contribution in [-0.4, -0.2) is 0 Å². The first-order valence-corrected chi connectivity index (χ1v) is 4.65. The summed E-state index contributed by atoms with van der Waals surface area (Å²) < 4.78 is 0. The summed E-state index contributed by atoms with van der Waals surface area (Å²) in [7, 11) is 0. The van der Waals surface area contributed by atoms with Crippen LogP contribution in [0.15, 0.2) is 41.1 Å². The van der Waals surface area contributed by atoms with E-state index in [2.05, 4.69) is 16.8 Å². The van der Waals surface area contributed by atoms with Gasteiger partial charge < -0.3 is 5.73 Å². The monoisotopic (exact) mass is 174 g/mol. The second-order valence-corrected chi connectivity index (χ2v) is 3.37. The Morgan fingerprint density at radius 1 is 0.917 bits per heavy atom. The lowest BCUT2D eigenvalue weighted by atomic mass is 10.1. The summed E-state index contributed by atoms with van der Waals surface area (Å²) in [5.41, 5.74) is 10.3. The summed E-state index contributed by atoms with van der Waals surface area (Å²) in [5, 5.41) is 4.17. The van der Waals surface area contributed by atoms with Crippen molar-refractivity contribution in [2.45, 2.75) is 0 Å². The minimum absolute atomic E-state index is 0.564. The summed E-state index contributed by atoms with van der Waals surface area (Å²) in [5.74, 6) is 0. The molecular weight excluding hydrogens is 166 g/mol. The molecule has 0 fully saturated rings. The third-order valence-electron chi connectivity index (χ3n) is 1.74. The van der Waals surface area contributed by atoms with E-state index in [1.807, 2.05) is 24.3 Å². The Morgan fingerprint density at radius 3 is 2.25 bits per heavy atom. The van der Waals surface area contributed by atoms with Gasteiger partial charge in [0.15, 0.2) is 0 Å². The molecule has 0 saturated heterocycles. The molecule has 12 heavy (non-hydrogen) atoms. The van der Waals surface area contributed by atoms with Crippen LogP contribution >= 0.6 is 11.3 Å². The number of nitrogens with one attached hydrogen (secondary N) is 1. The van der Waals surface area contributed by atoms with Crippen molar-refractivity contribution in [3.63, 3.8) is 0 Å². The Morgan fingerprint density at radius 2 is 1.67 bits per heavy atom. The van der Waals surface area contributed by atoms with Crippen molar-refractivity contribution >= 4 is 17.0 Å². The molecule has 0 aliphatic rings. The lowest BCUT2D eigenvalue weighted by Crippen LogP contribution is -1.72. The predicted octanol–water partition coefficient (Wildman–Crippen LogP) is 3.33. The van der Waals surface area contributed by atoms with Crippen molar-refractivity contribution in [3.8, 4) is 11.1 Å². The zero-order chi connectivity index (χ0) is 8.39. The second-order valence-electron chi connectivity index (χ2n) is 2.59. The number of hydrogen-bond donors (Lipinski definition) is 0. The first-order valence-electron chi connectivity index (χ1n) is 3.70. The van der Waals surface area contributed by atoms with Crippen molar-refractivity contribution in [1.82, 2.24) is 5.73 Å². The van der Waals surface area contributed by atoms with Crippen LogP contribution < -0.4 is 5.73 Å². The molecule has 0 atom stereocenters. The summed E-state index contributed by atoms with van der Waals surface area (Å²) in [6.07, 6.45) is 0. The molecule has 1 heterocycles. The first-order chi connectivity index (χ1) is 5.86. The molecule has 1 aromatic carbocycles. The Kier molecular flexibility index (Phi) is 1.84. The highest BCUT2D eigenvalue weighted by atomic mass is 32.1. The Hall–Kier alpha value is -1.28. The maximum atomic E-state index is 7.32. The van der Waals surface area contributed by atoms with Crippen molar-refractivity contribution in [2.24, 2.45) is 0 Å². The van der Waals surface area contributed by atoms with Crippen LogP contribution in [0.3, 0.4) is 0 Å². The molecule has 2 aromatic rings. The summed E-state index contributed by atoms with van der Waals surface area (Å²) in [6.45, 7) is 0. The van der Waals surface area contributed by atoms with Gasteiger partial charge in [0.25, 0.3) is 0 Å². The molecule has 1 nitrogen and oxygen atoms in total. The van der Waals surface area contributed by atoms with Gasteiger partial charge in [-0.15, -0.1) is 0 Å². The molecule has 0 bridgehead atoms. The minimum atomic E-state index is 0.564. The minimum Gasteiger partial charge on any atom is -0.301 e. The van der Waals surface area contributed by atoms with Gasteiger partial charge in [-0.1, -0.05) is 12.1 Å². The smallest absolute Gasteiger partial charge is 0.0540 e. The molecular formula is C10H8NS. The summed E-state index contributed by atoms with van der Waals surface area (Å²) >= 11 is 1.69. The molecule has 1 radical (unpaired) electrons. The van der Waals surface area contributed by atoms with Crippen LogP contribution in [0.4, 0.5) is 5.69 Å². The average Bonchev–Trinajstić information content (AvgIpc) is 2.58. The van der Waals surface area contributed by atoms with E-state index in [0.717, 1.165) is 0 Å². The number of rotatable bonds is 1. The van der Waals surface area contributed by atoms with Gasteiger partial charge in [-0.25, -0.2) is 0 Å². The molecule has 0 unspecified atom stereocenters. The molecule has 2 rings (SSSR count). The van der Waals surface area contributed by atoms with E-state index in [0.29, 0.717) is 5.69 Å². The molecule has 0 saturated carbocycles. The van der Waals surface area contributed by atoms with Gasteiger partial charge in [-0.2, -0.15) is 11.3 Å². The van der Waals surface area contributed by atoms with Crippen LogP contribution in [0.2, 0.25) is 0 Å². The third-order valence-corrected chi connectivity index (χ3v) is 2.42. The van der Waals surface area contributed by atoms with Gasteiger partial charge in [-0.3, -0.25) is 0 Å². The standard InChI is InChI=1S/C10H8NS/c11-10-3-1-8(2-4-10)9-5-6-12-7-9/h1-7,11H.